The molecule has 1 spiro atoms. The number of carbonyl (C=O) groups excluding carboxylic acids is 2. The number of nitriles is 1. The fourth-order valence-electron chi connectivity index (χ4n) is 3.13. The molecule has 0 saturated carbocycles. The summed E-state index contributed by atoms with van der Waals surface area (Å²) >= 11 is 0. The third kappa shape index (κ3) is 1.69. The standard InChI is InChI=1S/C16H13N3O4/c1-8-12(14(20)22-2)16(10(7-17)13(18)23-8)9-5-3-4-6-11(9)19-15(16)21/h3-6H,18H2,1-2H3,(H,19,21). The van der Waals surface area contributed by atoms with Crippen LogP contribution in [0.3, 0.4) is 0 Å². The van der Waals surface area contributed by atoms with Crippen molar-refractivity contribution in [2.45, 2.75) is 12.3 Å². The Morgan fingerprint density at radius 3 is 2.78 bits per heavy atom. The molecule has 2 heterocycles. The van der Waals surface area contributed by atoms with Gasteiger partial charge >= 0.3 is 5.97 Å². The number of nitrogens with one attached hydrogen (secondary N) is 1. The van der Waals surface area contributed by atoms with Gasteiger partial charge < -0.3 is 20.5 Å². The fraction of sp³-hybridized carbons (Fsp3) is 0.188. The number of nitrogens with two attached hydrogens (primary N) is 1. The van der Waals surface area contributed by atoms with Crippen LogP contribution in [0.15, 0.2) is 47.1 Å². The normalized spacial score (nSPS) is 22.4. The zero-order valence-electron chi connectivity index (χ0n) is 12.5. The zero-order chi connectivity index (χ0) is 16.8. The number of para-hydroxylation sites is 1. The largest absolute Gasteiger partial charge is 0.466 e. The second-order valence-corrected chi connectivity index (χ2v) is 5.13. The fourth-order valence-corrected chi connectivity index (χ4v) is 3.13. The number of ether oxygens (including phenoxy) is 2. The van der Waals surface area contributed by atoms with Gasteiger partial charge in [-0.05, 0) is 13.0 Å². The average Bonchev–Trinajstić information content (AvgIpc) is 2.80. The predicted octanol–water partition coefficient (Wildman–Crippen LogP) is 1.05. The van der Waals surface area contributed by atoms with Crippen molar-refractivity contribution in [2.24, 2.45) is 5.73 Å². The van der Waals surface area contributed by atoms with Gasteiger partial charge in [-0.25, -0.2) is 4.79 Å². The number of methoxy groups -OCH3 is 1. The summed E-state index contributed by atoms with van der Waals surface area (Å²) in [5, 5.41) is 12.3. The van der Waals surface area contributed by atoms with E-state index >= 15 is 0 Å². The van der Waals surface area contributed by atoms with Crippen LogP contribution < -0.4 is 11.1 Å². The Bertz CT molecular complexity index is 847. The quantitative estimate of drug-likeness (QED) is 0.749. The molecular formula is C16H13N3O4. The van der Waals surface area contributed by atoms with Crippen molar-refractivity contribution in [3.63, 3.8) is 0 Å². The van der Waals surface area contributed by atoms with Gasteiger partial charge in [0, 0.05) is 11.3 Å². The van der Waals surface area contributed by atoms with Crippen LogP contribution in [0.2, 0.25) is 0 Å². The highest BCUT2D eigenvalue weighted by molar-refractivity contribution is 6.17. The van der Waals surface area contributed by atoms with Gasteiger partial charge in [0.15, 0.2) is 5.41 Å². The number of rotatable bonds is 1. The Hall–Kier alpha value is -3.27. The number of amides is 1. The van der Waals surface area contributed by atoms with E-state index in [1.54, 1.807) is 24.3 Å². The van der Waals surface area contributed by atoms with Gasteiger partial charge in [-0.1, -0.05) is 18.2 Å². The van der Waals surface area contributed by atoms with Crippen LogP contribution in [0.25, 0.3) is 0 Å². The third-order valence-electron chi connectivity index (χ3n) is 4.03. The molecule has 1 unspecified atom stereocenters. The monoisotopic (exact) mass is 311 g/mol. The summed E-state index contributed by atoms with van der Waals surface area (Å²) in [7, 11) is 1.20. The van der Waals surface area contributed by atoms with Gasteiger partial charge in [0.05, 0.1) is 7.11 Å². The van der Waals surface area contributed by atoms with Crippen LogP contribution in [0, 0.1) is 11.3 Å². The number of fused-ring (bicyclic) bond motifs is 2. The van der Waals surface area contributed by atoms with E-state index in [1.165, 1.54) is 14.0 Å². The van der Waals surface area contributed by atoms with Gasteiger partial charge in [-0.15, -0.1) is 0 Å². The predicted molar refractivity (Wildman–Crippen MR) is 79.4 cm³/mol. The zero-order valence-corrected chi connectivity index (χ0v) is 12.5. The summed E-state index contributed by atoms with van der Waals surface area (Å²) in [4.78, 5) is 25.2. The topological polar surface area (TPSA) is 114 Å². The summed E-state index contributed by atoms with van der Waals surface area (Å²) in [5.41, 5.74) is 4.96. The molecule has 0 bridgehead atoms. The van der Waals surface area contributed by atoms with Crippen molar-refractivity contribution in [1.82, 2.24) is 0 Å². The summed E-state index contributed by atoms with van der Waals surface area (Å²) in [6, 6.07) is 8.72. The van der Waals surface area contributed by atoms with Gasteiger partial charge in [-0.3, -0.25) is 4.79 Å². The number of anilines is 1. The van der Waals surface area contributed by atoms with Crippen LogP contribution in [0.1, 0.15) is 12.5 Å². The van der Waals surface area contributed by atoms with E-state index in [9.17, 15) is 14.9 Å². The average molecular weight is 311 g/mol. The molecule has 23 heavy (non-hydrogen) atoms. The Morgan fingerprint density at radius 2 is 2.13 bits per heavy atom. The molecule has 2 aliphatic heterocycles. The number of hydrogen-bond acceptors (Lipinski definition) is 6. The van der Waals surface area contributed by atoms with Crippen molar-refractivity contribution in [3.8, 4) is 6.07 Å². The van der Waals surface area contributed by atoms with E-state index in [4.69, 9.17) is 15.2 Å². The maximum Gasteiger partial charge on any atom is 0.339 e. The van der Waals surface area contributed by atoms with Crippen LogP contribution in [0.5, 0.6) is 0 Å². The molecular weight excluding hydrogens is 298 g/mol. The van der Waals surface area contributed by atoms with Crippen LogP contribution in [-0.2, 0) is 24.5 Å². The molecule has 7 heteroatoms. The van der Waals surface area contributed by atoms with Crippen molar-refractivity contribution < 1.29 is 19.1 Å². The van der Waals surface area contributed by atoms with Crippen molar-refractivity contribution in [1.29, 1.82) is 5.26 Å². The van der Waals surface area contributed by atoms with E-state index in [-0.39, 0.29) is 22.8 Å². The van der Waals surface area contributed by atoms with Gasteiger partial charge in [0.2, 0.25) is 11.8 Å². The van der Waals surface area contributed by atoms with E-state index in [1.807, 2.05) is 6.07 Å². The summed E-state index contributed by atoms with van der Waals surface area (Å²) in [5.74, 6) is -1.37. The van der Waals surface area contributed by atoms with E-state index in [0.29, 0.717) is 11.3 Å². The lowest BCUT2D eigenvalue weighted by Crippen LogP contribution is -2.45. The number of carbonyl (C=O) groups is 2. The highest BCUT2D eigenvalue weighted by atomic mass is 16.5. The molecule has 0 aliphatic carbocycles. The molecule has 0 fully saturated rings. The Kier molecular flexibility index (Phi) is 3.11. The van der Waals surface area contributed by atoms with E-state index < -0.39 is 17.3 Å². The van der Waals surface area contributed by atoms with E-state index in [0.717, 1.165) is 0 Å². The lowest BCUT2D eigenvalue weighted by atomic mass is 9.68. The Labute approximate surface area is 132 Å². The minimum atomic E-state index is -1.66. The van der Waals surface area contributed by atoms with Crippen LogP contribution in [0.4, 0.5) is 5.69 Å². The molecule has 0 saturated heterocycles. The van der Waals surface area contributed by atoms with Crippen molar-refractivity contribution >= 4 is 17.6 Å². The molecule has 1 atom stereocenters. The number of nitrogens with zero attached hydrogens (tertiary/aromatic N) is 1. The molecule has 7 nitrogen and oxygen atoms in total. The molecule has 1 amide bonds. The lowest BCUT2D eigenvalue weighted by Gasteiger charge is -2.33. The Balaban J connectivity index is 2.44. The molecule has 116 valence electrons. The second-order valence-electron chi connectivity index (χ2n) is 5.13. The summed E-state index contributed by atoms with van der Waals surface area (Å²) < 4.78 is 10.1. The van der Waals surface area contributed by atoms with Gasteiger partial charge in [0.1, 0.15) is 23.0 Å². The minimum absolute atomic E-state index is 0.0480. The first kappa shape index (κ1) is 14.7. The smallest absolute Gasteiger partial charge is 0.339 e. The number of hydrogen-bond donors (Lipinski definition) is 2. The molecule has 2 aliphatic rings. The highest BCUT2D eigenvalue weighted by Gasteiger charge is 2.59. The lowest BCUT2D eigenvalue weighted by molar-refractivity contribution is -0.138. The second kappa shape index (κ2) is 4.88. The SMILES string of the molecule is COC(=O)C1=C(C)OC(N)=C(C#N)C12C(=O)Nc1ccccc12. The molecule has 3 N–H and O–H groups in total. The molecule has 0 radical (unpaired) electrons. The first-order valence-corrected chi connectivity index (χ1v) is 6.77. The molecule has 0 aromatic heterocycles. The van der Waals surface area contributed by atoms with Crippen LogP contribution in [-0.4, -0.2) is 19.0 Å². The third-order valence-corrected chi connectivity index (χ3v) is 4.03. The number of allylic oxidation sites excluding steroid dienone is 1. The highest BCUT2D eigenvalue weighted by Crippen LogP contribution is 2.51. The number of esters is 1. The molecule has 3 rings (SSSR count). The Morgan fingerprint density at radius 1 is 1.43 bits per heavy atom. The first-order valence-electron chi connectivity index (χ1n) is 6.77. The molecule has 1 aromatic carbocycles. The summed E-state index contributed by atoms with van der Waals surface area (Å²) in [6.07, 6.45) is 0. The number of benzene rings is 1. The van der Waals surface area contributed by atoms with Crippen LogP contribution >= 0.6 is 0 Å². The van der Waals surface area contributed by atoms with Gasteiger partial charge in [0.25, 0.3) is 0 Å². The van der Waals surface area contributed by atoms with E-state index in [2.05, 4.69) is 5.32 Å². The maximum atomic E-state index is 12.8. The minimum Gasteiger partial charge on any atom is -0.466 e. The van der Waals surface area contributed by atoms with Crippen molar-refractivity contribution in [2.75, 3.05) is 12.4 Å². The van der Waals surface area contributed by atoms with Crippen molar-refractivity contribution in [3.05, 3.63) is 52.6 Å². The van der Waals surface area contributed by atoms with Gasteiger partial charge in [-0.2, -0.15) is 5.26 Å². The maximum absolute atomic E-state index is 12.8. The summed E-state index contributed by atoms with van der Waals surface area (Å²) in [6.45, 7) is 1.50. The molecule has 1 aromatic rings. The first-order chi connectivity index (χ1) is 11.0.